The van der Waals surface area contributed by atoms with Gasteiger partial charge >= 0.3 is 0 Å². The first-order valence-corrected chi connectivity index (χ1v) is 7.01. The number of hydrogen-bond acceptors (Lipinski definition) is 4. The molecule has 1 atom stereocenters. The number of rotatable bonds is 4. The van der Waals surface area contributed by atoms with Crippen molar-refractivity contribution < 1.29 is 13.9 Å². The number of halogens is 1. The predicted octanol–water partition coefficient (Wildman–Crippen LogP) is 0.696. The van der Waals surface area contributed by atoms with Gasteiger partial charge in [-0.1, -0.05) is 6.07 Å². The van der Waals surface area contributed by atoms with Gasteiger partial charge < -0.3 is 15.0 Å². The van der Waals surface area contributed by atoms with E-state index in [2.05, 4.69) is 5.32 Å². The molecule has 0 spiro atoms. The van der Waals surface area contributed by atoms with Gasteiger partial charge in [0.2, 0.25) is 5.91 Å². The molecule has 1 aliphatic rings. The van der Waals surface area contributed by atoms with Crippen LogP contribution in [-0.2, 0) is 11.3 Å². The summed E-state index contributed by atoms with van der Waals surface area (Å²) < 4.78 is 19.1. The Balaban J connectivity index is 2.14. The van der Waals surface area contributed by atoms with Crippen LogP contribution in [0, 0.1) is 5.82 Å². The molecule has 2 rings (SSSR count). The van der Waals surface area contributed by atoms with Crippen molar-refractivity contribution in [1.82, 2.24) is 15.1 Å². The summed E-state index contributed by atoms with van der Waals surface area (Å²) in [6, 6.07) is 4.58. The van der Waals surface area contributed by atoms with Gasteiger partial charge in [0.05, 0.1) is 7.11 Å². The summed E-state index contributed by atoms with van der Waals surface area (Å²) in [5.74, 6) is 0.234. The number of piperazine rings is 1. The Morgan fingerprint density at radius 1 is 1.52 bits per heavy atom. The van der Waals surface area contributed by atoms with Crippen LogP contribution in [-0.4, -0.2) is 62.6 Å². The zero-order valence-electron chi connectivity index (χ0n) is 12.7. The molecule has 1 N–H and O–H groups in total. The van der Waals surface area contributed by atoms with Crippen LogP contribution in [0.5, 0.6) is 5.75 Å². The number of likely N-dealkylation sites (N-methyl/N-ethyl adjacent to an activating group) is 1. The van der Waals surface area contributed by atoms with E-state index in [1.54, 1.807) is 31.1 Å². The average Bonchev–Trinajstić information content (AvgIpc) is 2.49. The monoisotopic (exact) mass is 295 g/mol. The van der Waals surface area contributed by atoms with Crippen LogP contribution >= 0.6 is 0 Å². The third-order valence-corrected chi connectivity index (χ3v) is 3.71. The van der Waals surface area contributed by atoms with Gasteiger partial charge in [-0.3, -0.25) is 9.69 Å². The molecule has 0 bridgehead atoms. The van der Waals surface area contributed by atoms with Gasteiger partial charge in [0.15, 0.2) is 0 Å². The largest absolute Gasteiger partial charge is 0.497 e. The molecule has 1 fully saturated rings. The fraction of sp³-hybridized carbons (Fsp3) is 0.533. The molecule has 1 amide bonds. The van der Waals surface area contributed by atoms with E-state index in [0.29, 0.717) is 24.4 Å². The van der Waals surface area contributed by atoms with Gasteiger partial charge in [-0.05, 0) is 6.07 Å². The van der Waals surface area contributed by atoms with E-state index in [4.69, 9.17) is 4.74 Å². The minimum absolute atomic E-state index is 0.0381. The molecular formula is C15H22FN3O2. The second-order valence-corrected chi connectivity index (χ2v) is 5.38. The molecule has 116 valence electrons. The highest BCUT2D eigenvalue weighted by molar-refractivity contribution is 5.81. The minimum Gasteiger partial charge on any atom is -0.497 e. The minimum atomic E-state index is -0.302. The quantitative estimate of drug-likeness (QED) is 0.888. The van der Waals surface area contributed by atoms with Gasteiger partial charge in [0, 0.05) is 51.9 Å². The van der Waals surface area contributed by atoms with Gasteiger partial charge in [0.1, 0.15) is 17.6 Å². The molecule has 1 unspecified atom stereocenters. The molecule has 0 aliphatic carbocycles. The van der Waals surface area contributed by atoms with Crippen molar-refractivity contribution in [3.05, 3.63) is 29.6 Å². The van der Waals surface area contributed by atoms with Crippen LogP contribution in [0.4, 0.5) is 4.39 Å². The Morgan fingerprint density at radius 2 is 2.29 bits per heavy atom. The first-order chi connectivity index (χ1) is 10.0. The molecular weight excluding hydrogens is 273 g/mol. The Hall–Kier alpha value is -1.66. The van der Waals surface area contributed by atoms with E-state index < -0.39 is 0 Å². The van der Waals surface area contributed by atoms with Gasteiger partial charge in [-0.2, -0.15) is 0 Å². The normalized spacial score (nSPS) is 19.3. The number of ether oxygens (including phenoxy) is 1. The first kappa shape index (κ1) is 15.7. The van der Waals surface area contributed by atoms with Crippen molar-refractivity contribution in [2.24, 2.45) is 0 Å². The first-order valence-electron chi connectivity index (χ1n) is 7.01. The molecule has 1 aliphatic heterocycles. The standard InChI is InChI=1S/C15H22FN3O2/c1-18(2)15(20)14-9-17-6-7-19(14)10-11-4-5-12(21-3)8-13(11)16/h4-5,8,14,17H,6-7,9-10H2,1-3H3. The number of carbonyl (C=O) groups is 1. The molecule has 1 aromatic carbocycles. The van der Waals surface area contributed by atoms with Crippen molar-refractivity contribution in [3.63, 3.8) is 0 Å². The lowest BCUT2D eigenvalue weighted by Crippen LogP contribution is -2.57. The highest BCUT2D eigenvalue weighted by Crippen LogP contribution is 2.19. The van der Waals surface area contributed by atoms with Crippen LogP contribution in [0.15, 0.2) is 18.2 Å². The Kier molecular flexibility index (Phi) is 5.14. The molecule has 0 saturated carbocycles. The summed E-state index contributed by atoms with van der Waals surface area (Å²) in [4.78, 5) is 15.8. The maximum Gasteiger partial charge on any atom is 0.240 e. The fourth-order valence-corrected chi connectivity index (χ4v) is 2.48. The summed E-state index contributed by atoms with van der Waals surface area (Å²) in [6.45, 7) is 2.53. The van der Waals surface area contributed by atoms with Crippen LogP contribution in [0.1, 0.15) is 5.56 Å². The molecule has 1 heterocycles. The van der Waals surface area contributed by atoms with Crippen molar-refractivity contribution in [1.29, 1.82) is 0 Å². The summed E-state index contributed by atoms with van der Waals surface area (Å²) in [5, 5.41) is 3.22. The second-order valence-electron chi connectivity index (χ2n) is 5.38. The lowest BCUT2D eigenvalue weighted by molar-refractivity contribution is -0.135. The van der Waals surface area contributed by atoms with Gasteiger partial charge in [-0.25, -0.2) is 4.39 Å². The molecule has 1 saturated heterocycles. The number of methoxy groups -OCH3 is 1. The molecule has 5 nitrogen and oxygen atoms in total. The van der Waals surface area contributed by atoms with E-state index in [0.717, 1.165) is 13.1 Å². The topological polar surface area (TPSA) is 44.8 Å². The summed E-state index contributed by atoms with van der Waals surface area (Å²) >= 11 is 0. The predicted molar refractivity (Wildman–Crippen MR) is 78.7 cm³/mol. The van der Waals surface area contributed by atoms with Crippen molar-refractivity contribution in [3.8, 4) is 5.75 Å². The van der Waals surface area contributed by atoms with Crippen LogP contribution < -0.4 is 10.1 Å². The molecule has 1 aromatic rings. The van der Waals surface area contributed by atoms with Crippen LogP contribution in [0.25, 0.3) is 0 Å². The molecule has 6 heteroatoms. The maximum atomic E-state index is 14.1. The Bertz CT molecular complexity index is 508. The van der Waals surface area contributed by atoms with E-state index in [1.807, 2.05) is 4.90 Å². The lowest BCUT2D eigenvalue weighted by Gasteiger charge is -2.36. The summed E-state index contributed by atoms with van der Waals surface area (Å²) in [7, 11) is 4.99. The number of nitrogens with zero attached hydrogens (tertiary/aromatic N) is 2. The highest BCUT2D eigenvalue weighted by atomic mass is 19.1. The van der Waals surface area contributed by atoms with Crippen LogP contribution in [0.3, 0.4) is 0 Å². The summed E-state index contributed by atoms with van der Waals surface area (Å²) in [6.07, 6.45) is 0. The lowest BCUT2D eigenvalue weighted by atomic mass is 10.1. The number of hydrogen-bond donors (Lipinski definition) is 1. The van der Waals surface area contributed by atoms with Crippen molar-refractivity contribution in [2.75, 3.05) is 40.8 Å². The van der Waals surface area contributed by atoms with Crippen LogP contribution in [0.2, 0.25) is 0 Å². The third-order valence-electron chi connectivity index (χ3n) is 3.71. The van der Waals surface area contributed by atoms with E-state index in [-0.39, 0.29) is 17.8 Å². The smallest absolute Gasteiger partial charge is 0.240 e. The zero-order valence-corrected chi connectivity index (χ0v) is 12.7. The van der Waals surface area contributed by atoms with Crippen molar-refractivity contribution >= 4 is 5.91 Å². The number of amides is 1. The van der Waals surface area contributed by atoms with Crippen molar-refractivity contribution in [2.45, 2.75) is 12.6 Å². The van der Waals surface area contributed by atoms with E-state index in [9.17, 15) is 9.18 Å². The Morgan fingerprint density at radius 3 is 2.90 bits per heavy atom. The third kappa shape index (κ3) is 3.71. The SMILES string of the molecule is COc1ccc(CN2CCNCC2C(=O)N(C)C)c(F)c1. The average molecular weight is 295 g/mol. The molecule has 0 radical (unpaired) electrons. The number of nitrogens with one attached hydrogen (secondary N) is 1. The zero-order chi connectivity index (χ0) is 15.4. The number of benzene rings is 1. The Labute approximate surface area is 124 Å². The summed E-state index contributed by atoms with van der Waals surface area (Å²) in [5.41, 5.74) is 0.578. The van der Waals surface area contributed by atoms with E-state index in [1.165, 1.54) is 13.2 Å². The fourth-order valence-electron chi connectivity index (χ4n) is 2.48. The van der Waals surface area contributed by atoms with Gasteiger partial charge in [-0.15, -0.1) is 0 Å². The van der Waals surface area contributed by atoms with E-state index >= 15 is 0 Å². The molecule has 0 aromatic heterocycles. The highest BCUT2D eigenvalue weighted by Gasteiger charge is 2.30. The number of carbonyl (C=O) groups excluding carboxylic acids is 1. The maximum absolute atomic E-state index is 14.1. The molecule has 21 heavy (non-hydrogen) atoms. The van der Waals surface area contributed by atoms with Gasteiger partial charge in [0.25, 0.3) is 0 Å². The second kappa shape index (κ2) is 6.87.